The van der Waals surface area contributed by atoms with Crippen LogP contribution in [0.25, 0.3) is 0 Å². The molecule has 23 heavy (non-hydrogen) atoms. The van der Waals surface area contributed by atoms with Crippen LogP contribution in [0, 0.1) is 5.92 Å². The minimum absolute atomic E-state index is 0.0986. The van der Waals surface area contributed by atoms with Gasteiger partial charge in [0.2, 0.25) is 5.91 Å². The molecule has 128 valence electrons. The van der Waals surface area contributed by atoms with Gasteiger partial charge in [0.25, 0.3) is 0 Å². The Kier molecular flexibility index (Phi) is 6.42. The van der Waals surface area contributed by atoms with Gasteiger partial charge in [-0.1, -0.05) is 32.0 Å². The molecule has 0 saturated carbocycles. The number of hydrogen-bond donors (Lipinski definition) is 2. The third-order valence-electron chi connectivity index (χ3n) is 4.35. The summed E-state index contributed by atoms with van der Waals surface area (Å²) >= 11 is 0. The van der Waals surface area contributed by atoms with Gasteiger partial charge in [-0.2, -0.15) is 0 Å². The van der Waals surface area contributed by atoms with Crippen molar-refractivity contribution < 1.29 is 14.6 Å². The van der Waals surface area contributed by atoms with Crippen molar-refractivity contribution in [2.24, 2.45) is 11.7 Å². The van der Waals surface area contributed by atoms with Crippen LogP contribution in [0.2, 0.25) is 0 Å². The van der Waals surface area contributed by atoms with Crippen LogP contribution in [0.3, 0.4) is 0 Å². The molecule has 1 aliphatic rings. The maximum atomic E-state index is 11.3. The van der Waals surface area contributed by atoms with E-state index < -0.39 is 6.10 Å². The van der Waals surface area contributed by atoms with Gasteiger partial charge in [-0.3, -0.25) is 9.69 Å². The van der Waals surface area contributed by atoms with Gasteiger partial charge in [-0.25, -0.2) is 0 Å². The molecule has 1 aromatic carbocycles. The fourth-order valence-corrected chi connectivity index (χ4v) is 3.08. The minimum Gasteiger partial charge on any atom is -0.491 e. The van der Waals surface area contributed by atoms with E-state index in [1.54, 1.807) is 0 Å². The number of nitrogens with zero attached hydrogens (tertiary/aromatic N) is 1. The van der Waals surface area contributed by atoms with Crippen LogP contribution in [-0.4, -0.2) is 48.3 Å². The maximum absolute atomic E-state index is 11.3. The first kappa shape index (κ1) is 17.8. The number of carbonyl (C=O) groups excluding carboxylic acids is 1. The van der Waals surface area contributed by atoms with E-state index >= 15 is 0 Å². The zero-order valence-electron chi connectivity index (χ0n) is 14.1. The summed E-state index contributed by atoms with van der Waals surface area (Å²) in [6.45, 7) is 6.53. The molecule has 0 unspecified atom stereocenters. The highest BCUT2D eigenvalue weighted by Gasteiger charge is 2.25. The van der Waals surface area contributed by atoms with Crippen molar-refractivity contribution in [2.75, 3.05) is 26.2 Å². The predicted molar refractivity (Wildman–Crippen MR) is 90.4 cm³/mol. The summed E-state index contributed by atoms with van der Waals surface area (Å²) in [5, 5.41) is 10.2. The van der Waals surface area contributed by atoms with Crippen LogP contribution in [0.5, 0.6) is 5.75 Å². The Balaban J connectivity index is 1.83. The van der Waals surface area contributed by atoms with E-state index in [4.69, 9.17) is 10.5 Å². The van der Waals surface area contributed by atoms with Gasteiger partial charge in [-0.15, -0.1) is 0 Å². The first-order valence-corrected chi connectivity index (χ1v) is 8.38. The maximum Gasteiger partial charge on any atom is 0.221 e. The van der Waals surface area contributed by atoms with Gasteiger partial charge in [0.1, 0.15) is 18.5 Å². The number of likely N-dealkylation sites (tertiary alicyclic amines) is 1. The van der Waals surface area contributed by atoms with Crippen molar-refractivity contribution in [1.29, 1.82) is 0 Å². The summed E-state index contributed by atoms with van der Waals surface area (Å²) in [6, 6.07) is 7.92. The normalized spacial score (nSPS) is 20.4. The van der Waals surface area contributed by atoms with E-state index in [0.717, 1.165) is 30.7 Å². The largest absolute Gasteiger partial charge is 0.491 e. The van der Waals surface area contributed by atoms with Crippen LogP contribution in [-0.2, 0) is 4.79 Å². The number of benzene rings is 1. The van der Waals surface area contributed by atoms with Crippen LogP contribution >= 0.6 is 0 Å². The third-order valence-corrected chi connectivity index (χ3v) is 4.35. The number of primary amides is 1. The van der Waals surface area contributed by atoms with E-state index in [2.05, 4.69) is 24.8 Å². The van der Waals surface area contributed by atoms with Crippen molar-refractivity contribution in [1.82, 2.24) is 4.90 Å². The Morgan fingerprint density at radius 1 is 1.43 bits per heavy atom. The number of piperidine rings is 1. The highest BCUT2D eigenvalue weighted by molar-refractivity contribution is 5.76. The summed E-state index contributed by atoms with van der Waals surface area (Å²) in [5.74, 6) is 0.863. The molecule has 2 rings (SSSR count). The number of rotatable bonds is 7. The lowest BCUT2D eigenvalue weighted by molar-refractivity contribution is -0.123. The summed E-state index contributed by atoms with van der Waals surface area (Å²) in [7, 11) is 0. The molecule has 1 aromatic rings. The minimum atomic E-state index is -0.582. The molecule has 3 N–H and O–H groups in total. The quantitative estimate of drug-likeness (QED) is 0.802. The lowest BCUT2D eigenvalue weighted by Gasteiger charge is -2.32. The summed E-state index contributed by atoms with van der Waals surface area (Å²) in [4.78, 5) is 13.4. The first-order valence-electron chi connectivity index (χ1n) is 8.38. The average molecular weight is 320 g/mol. The van der Waals surface area contributed by atoms with Crippen molar-refractivity contribution in [2.45, 2.75) is 38.7 Å². The van der Waals surface area contributed by atoms with Crippen LogP contribution in [0.15, 0.2) is 24.3 Å². The molecule has 0 spiro atoms. The molecule has 0 radical (unpaired) electrons. The molecule has 2 atom stereocenters. The molecular weight excluding hydrogens is 292 g/mol. The number of β-amino-alcohol motifs (C(OH)–C–C–N with tert-alkyl or cyclic N) is 1. The first-order chi connectivity index (χ1) is 11.0. The van der Waals surface area contributed by atoms with Gasteiger partial charge < -0.3 is 15.6 Å². The molecule has 0 aliphatic carbocycles. The molecule has 1 aliphatic heterocycles. The lowest BCUT2D eigenvalue weighted by Crippen LogP contribution is -2.45. The highest BCUT2D eigenvalue weighted by atomic mass is 16.5. The Hall–Kier alpha value is -1.59. The number of aliphatic hydroxyl groups excluding tert-OH is 1. The van der Waals surface area contributed by atoms with Crippen LogP contribution < -0.4 is 10.5 Å². The van der Waals surface area contributed by atoms with E-state index in [0.29, 0.717) is 19.0 Å². The number of nitrogens with two attached hydrogens (primary N) is 1. The second-order valence-electron chi connectivity index (χ2n) is 6.66. The molecule has 1 fully saturated rings. The molecule has 1 heterocycles. The van der Waals surface area contributed by atoms with E-state index in [1.165, 1.54) is 0 Å². The van der Waals surface area contributed by atoms with Crippen molar-refractivity contribution in [3.63, 3.8) is 0 Å². The molecule has 5 heteroatoms. The number of aliphatic hydroxyl groups is 1. The standard InChI is InChI=1S/C18H28N2O3/c1-13(2)16-7-3-4-8-17(16)23-12-15(21)11-20-9-5-6-14(10-20)18(19)22/h3-4,7-8,13-15,21H,5-6,9-12H2,1-2H3,(H2,19,22)/t14-,15-/m0/s1. The fourth-order valence-electron chi connectivity index (χ4n) is 3.08. The zero-order chi connectivity index (χ0) is 16.8. The molecule has 1 saturated heterocycles. The second kappa shape index (κ2) is 8.31. The summed E-state index contributed by atoms with van der Waals surface area (Å²) < 4.78 is 5.81. The summed E-state index contributed by atoms with van der Waals surface area (Å²) in [6.07, 6.45) is 1.21. The van der Waals surface area contributed by atoms with Gasteiger partial charge in [0.05, 0.1) is 5.92 Å². The molecule has 0 bridgehead atoms. The smallest absolute Gasteiger partial charge is 0.221 e. The van der Waals surface area contributed by atoms with Gasteiger partial charge >= 0.3 is 0 Å². The van der Waals surface area contributed by atoms with E-state index in [-0.39, 0.29) is 18.4 Å². The van der Waals surface area contributed by atoms with Gasteiger partial charge in [-0.05, 0) is 36.9 Å². The third kappa shape index (κ3) is 5.22. The molecule has 0 aromatic heterocycles. The molecule has 1 amide bonds. The number of hydrogen-bond acceptors (Lipinski definition) is 4. The lowest BCUT2D eigenvalue weighted by atomic mass is 9.97. The van der Waals surface area contributed by atoms with Gasteiger partial charge in [0, 0.05) is 13.1 Å². The number of para-hydroxylation sites is 1. The van der Waals surface area contributed by atoms with Crippen molar-refractivity contribution in [3.8, 4) is 5.75 Å². The van der Waals surface area contributed by atoms with Crippen molar-refractivity contribution in [3.05, 3.63) is 29.8 Å². The fraction of sp³-hybridized carbons (Fsp3) is 0.611. The average Bonchev–Trinajstić information content (AvgIpc) is 2.53. The zero-order valence-corrected chi connectivity index (χ0v) is 14.1. The Morgan fingerprint density at radius 2 is 2.17 bits per heavy atom. The van der Waals surface area contributed by atoms with E-state index in [1.807, 2.05) is 18.2 Å². The summed E-state index contributed by atoms with van der Waals surface area (Å²) in [5.41, 5.74) is 6.53. The Morgan fingerprint density at radius 3 is 2.87 bits per heavy atom. The number of ether oxygens (including phenoxy) is 1. The molecular formula is C18H28N2O3. The van der Waals surface area contributed by atoms with Crippen LogP contribution in [0.4, 0.5) is 0 Å². The highest BCUT2D eigenvalue weighted by Crippen LogP contribution is 2.26. The monoisotopic (exact) mass is 320 g/mol. The number of amides is 1. The number of carbonyl (C=O) groups is 1. The SMILES string of the molecule is CC(C)c1ccccc1OC[C@@H](O)CN1CCC[C@H](C(N)=O)C1. The van der Waals surface area contributed by atoms with Gasteiger partial charge in [0.15, 0.2) is 0 Å². The second-order valence-corrected chi connectivity index (χ2v) is 6.66. The Labute approximate surface area is 138 Å². The van der Waals surface area contributed by atoms with Crippen LogP contribution in [0.1, 0.15) is 38.2 Å². The van der Waals surface area contributed by atoms with Crippen molar-refractivity contribution >= 4 is 5.91 Å². The topological polar surface area (TPSA) is 75.8 Å². The molecule has 5 nitrogen and oxygen atoms in total. The Bertz CT molecular complexity index is 519. The predicted octanol–water partition coefficient (Wildman–Crippen LogP) is 1.75. The van der Waals surface area contributed by atoms with E-state index in [9.17, 15) is 9.90 Å².